The van der Waals surface area contributed by atoms with Crippen LogP contribution in [0.4, 0.5) is 0 Å². The van der Waals surface area contributed by atoms with Crippen molar-refractivity contribution in [3.05, 3.63) is 41.0 Å². The minimum absolute atomic E-state index is 0.593. The maximum absolute atomic E-state index is 10.4. The molecule has 0 bridgehead atoms. The predicted octanol–water partition coefficient (Wildman–Crippen LogP) is 1.91. The molecule has 0 aliphatic rings. The van der Waals surface area contributed by atoms with Gasteiger partial charge < -0.3 is 5.11 Å². The molecule has 0 heterocycles. The summed E-state index contributed by atoms with van der Waals surface area (Å²) >= 11 is 0. The van der Waals surface area contributed by atoms with Crippen LogP contribution in [0.25, 0.3) is 6.08 Å². The van der Waals surface area contributed by atoms with E-state index < -0.39 is 5.97 Å². The van der Waals surface area contributed by atoms with E-state index in [1.807, 2.05) is 6.92 Å². The zero-order valence-electron chi connectivity index (χ0n) is 7.73. The monoisotopic (exact) mass is 190 g/mol. The fraction of sp³-hybridized carbons (Fsp3) is 0.0909. The zero-order valence-corrected chi connectivity index (χ0v) is 7.73. The molecule has 0 amide bonds. The van der Waals surface area contributed by atoms with E-state index in [2.05, 4.69) is 0 Å². The number of hydrogen-bond donors (Lipinski definition) is 1. The van der Waals surface area contributed by atoms with Crippen molar-refractivity contribution in [3.63, 3.8) is 0 Å². The van der Waals surface area contributed by atoms with E-state index in [4.69, 9.17) is 5.11 Å². The molecule has 72 valence electrons. The van der Waals surface area contributed by atoms with Crippen molar-refractivity contribution in [2.45, 2.75) is 6.92 Å². The molecule has 1 aromatic carbocycles. The second-order valence-corrected chi connectivity index (χ2v) is 2.91. The quantitative estimate of drug-likeness (QED) is 0.585. The molecule has 1 aromatic rings. The van der Waals surface area contributed by atoms with Gasteiger partial charge in [-0.3, -0.25) is 4.79 Å². The fourth-order valence-electron chi connectivity index (χ4n) is 1.12. The summed E-state index contributed by atoms with van der Waals surface area (Å²) in [4.78, 5) is 20.7. The molecule has 1 N–H and O–H groups in total. The van der Waals surface area contributed by atoms with Gasteiger partial charge in [0.1, 0.15) is 6.29 Å². The number of aliphatic carboxylic acids is 1. The van der Waals surface area contributed by atoms with Crippen molar-refractivity contribution in [3.8, 4) is 0 Å². The van der Waals surface area contributed by atoms with Gasteiger partial charge in [0.15, 0.2) is 0 Å². The minimum Gasteiger partial charge on any atom is -0.478 e. The van der Waals surface area contributed by atoms with Gasteiger partial charge in [-0.1, -0.05) is 12.1 Å². The van der Waals surface area contributed by atoms with Crippen molar-refractivity contribution in [2.24, 2.45) is 0 Å². The summed E-state index contributed by atoms with van der Waals surface area (Å²) < 4.78 is 0. The number of carbonyl (C=O) groups excluding carboxylic acids is 1. The molecule has 3 nitrogen and oxygen atoms in total. The molecular weight excluding hydrogens is 180 g/mol. The van der Waals surface area contributed by atoms with Crippen LogP contribution in [-0.2, 0) is 4.79 Å². The predicted molar refractivity (Wildman–Crippen MR) is 53.2 cm³/mol. The number of carbonyl (C=O) groups is 2. The third-order valence-corrected chi connectivity index (χ3v) is 1.84. The van der Waals surface area contributed by atoms with Crippen LogP contribution in [0, 0.1) is 6.92 Å². The van der Waals surface area contributed by atoms with Crippen molar-refractivity contribution in [1.82, 2.24) is 0 Å². The Bertz CT molecular complexity index is 392. The van der Waals surface area contributed by atoms with Crippen molar-refractivity contribution in [2.75, 3.05) is 0 Å². The molecular formula is C11H10O3. The summed E-state index contributed by atoms with van der Waals surface area (Å²) in [6.45, 7) is 1.83. The molecule has 0 aromatic heterocycles. The van der Waals surface area contributed by atoms with E-state index in [0.29, 0.717) is 5.56 Å². The second kappa shape index (κ2) is 4.37. The first kappa shape index (κ1) is 10.2. The maximum Gasteiger partial charge on any atom is 0.328 e. The average Bonchev–Trinajstić information content (AvgIpc) is 2.15. The molecule has 0 unspecified atom stereocenters. The van der Waals surface area contributed by atoms with Crippen LogP contribution < -0.4 is 0 Å². The molecule has 0 saturated heterocycles. The van der Waals surface area contributed by atoms with Crippen molar-refractivity contribution >= 4 is 18.3 Å². The molecule has 0 aliphatic carbocycles. The van der Waals surface area contributed by atoms with E-state index in [9.17, 15) is 9.59 Å². The third kappa shape index (κ3) is 2.55. The number of hydrogen-bond acceptors (Lipinski definition) is 2. The molecule has 3 heteroatoms. The Morgan fingerprint density at radius 3 is 2.64 bits per heavy atom. The second-order valence-electron chi connectivity index (χ2n) is 2.91. The van der Waals surface area contributed by atoms with Crippen LogP contribution in [0.2, 0.25) is 0 Å². The Balaban J connectivity index is 3.00. The lowest BCUT2D eigenvalue weighted by Crippen LogP contribution is -1.88. The first-order valence-electron chi connectivity index (χ1n) is 4.10. The van der Waals surface area contributed by atoms with E-state index >= 15 is 0 Å². The van der Waals surface area contributed by atoms with Gasteiger partial charge in [0, 0.05) is 11.6 Å². The Morgan fingerprint density at radius 2 is 2.14 bits per heavy atom. The highest BCUT2D eigenvalue weighted by Gasteiger charge is 1.96. The first-order chi connectivity index (χ1) is 6.63. The summed E-state index contributed by atoms with van der Waals surface area (Å²) in [5.41, 5.74) is 2.28. The van der Waals surface area contributed by atoms with Gasteiger partial charge in [0.05, 0.1) is 0 Å². The number of carboxylic acid groups (broad SMARTS) is 1. The van der Waals surface area contributed by atoms with Gasteiger partial charge in [0.2, 0.25) is 0 Å². The number of rotatable bonds is 3. The highest BCUT2D eigenvalue weighted by atomic mass is 16.4. The third-order valence-electron chi connectivity index (χ3n) is 1.84. The highest BCUT2D eigenvalue weighted by molar-refractivity contribution is 5.86. The van der Waals surface area contributed by atoms with Gasteiger partial charge >= 0.3 is 5.97 Å². The Hall–Kier alpha value is -1.90. The average molecular weight is 190 g/mol. The summed E-state index contributed by atoms with van der Waals surface area (Å²) in [5, 5.41) is 8.42. The SMILES string of the molecule is Cc1cc(C=O)ccc1/C=C/C(=O)O. The zero-order chi connectivity index (χ0) is 10.6. The van der Waals surface area contributed by atoms with Gasteiger partial charge in [-0.05, 0) is 30.2 Å². The van der Waals surface area contributed by atoms with Crippen LogP contribution in [0.15, 0.2) is 24.3 Å². The number of aryl methyl sites for hydroxylation is 1. The van der Waals surface area contributed by atoms with Crippen LogP contribution in [-0.4, -0.2) is 17.4 Å². The van der Waals surface area contributed by atoms with Gasteiger partial charge in [-0.2, -0.15) is 0 Å². The summed E-state index contributed by atoms with van der Waals surface area (Å²) in [7, 11) is 0. The van der Waals surface area contributed by atoms with E-state index in [-0.39, 0.29) is 0 Å². The fourth-order valence-corrected chi connectivity index (χ4v) is 1.12. The molecule has 0 aliphatic heterocycles. The van der Waals surface area contributed by atoms with Crippen molar-refractivity contribution < 1.29 is 14.7 Å². The van der Waals surface area contributed by atoms with E-state index in [1.165, 1.54) is 6.08 Å². The topological polar surface area (TPSA) is 54.4 Å². The largest absolute Gasteiger partial charge is 0.478 e. The molecule has 14 heavy (non-hydrogen) atoms. The molecule has 0 saturated carbocycles. The van der Waals surface area contributed by atoms with Crippen LogP contribution in [0.1, 0.15) is 21.5 Å². The van der Waals surface area contributed by atoms with Gasteiger partial charge in [0.25, 0.3) is 0 Å². The standard InChI is InChI=1S/C11H10O3/c1-8-6-9(7-12)2-3-10(8)4-5-11(13)14/h2-7H,1H3,(H,13,14)/b5-4+. The highest BCUT2D eigenvalue weighted by Crippen LogP contribution is 2.11. The van der Waals surface area contributed by atoms with E-state index in [1.54, 1.807) is 18.2 Å². The summed E-state index contributed by atoms with van der Waals surface area (Å²) in [5.74, 6) is -0.983. The smallest absolute Gasteiger partial charge is 0.328 e. The van der Waals surface area contributed by atoms with Crippen molar-refractivity contribution in [1.29, 1.82) is 0 Å². The Labute approximate surface area is 81.7 Å². The maximum atomic E-state index is 10.4. The lowest BCUT2D eigenvalue weighted by molar-refractivity contribution is -0.131. The lowest BCUT2D eigenvalue weighted by Gasteiger charge is -1.99. The van der Waals surface area contributed by atoms with E-state index in [0.717, 1.165) is 23.5 Å². The summed E-state index contributed by atoms with van der Waals surface area (Å²) in [6, 6.07) is 5.09. The number of benzene rings is 1. The molecule has 0 fully saturated rings. The van der Waals surface area contributed by atoms with Gasteiger partial charge in [-0.25, -0.2) is 4.79 Å². The van der Waals surface area contributed by atoms with Crippen LogP contribution >= 0.6 is 0 Å². The number of carboxylic acids is 1. The molecule has 0 atom stereocenters. The minimum atomic E-state index is -0.983. The normalized spacial score (nSPS) is 10.4. The molecule has 0 radical (unpaired) electrons. The van der Waals surface area contributed by atoms with Crippen LogP contribution in [0.3, 0.4) is 0 Å². The molecule has 0 spiro atoms. The van der Waals surface area contributed by atoms with Crippen LogP contribution in [0.5, 0.6) is 0 Å². The molecule has 1 rings (SSSR count). The Kier molecular flexibility index (Phi) is 3.18. The first-order valence-corrected chi connectivity index (χ1v) is 4.10. The van der Waals surface area contributed by atoms with Gasteiger partial charge in [-0.15, -0.1) is 0 Å². The lowest BCUT2D eigenvalue weighted by atomic mass is 10.1. The summed E-state index contributed by atoms with van der Waals surface area (Å²) in [6.07, 6.45) is 3.34. The Morgan fingerprint density at radius 1 is 1.43 bits per heavy atom. The number of aldehydes is 1.